The number of aliphatic hydroxyl groups excluding tert-OH is 1. The van der Waals surface area contributed by atoms with Crippen LogP contribution in [0.15, 0.2) is 23.1 Å². The first-order valence-electron chi connectivity index (χ1n) is 14.3. The maximum absolute atomic E-state index is 13.6. The number of hydrogen-bond acceptors (Lipinski definition) is 7. The summed E-state index contributed by atoms with van der Waals surface area (Å²) in [6.45, 7) is 10.2. The Morgan fingerprint density at radius 1 is 1.15 bits per heavy atom. The van der Waals surface area contributed by atoms with Crippen molar-refractivity contribution in [1.82, 2.24) is 8.98 Å². The van der Waals surface area contributed by atoms with Gasteiger partial charge in [0.15, 0.2) is 12.0 Å². The van der Waals surface area contributed by atoms with Gasteiger partial charge >= 0.3 is 5.97 Å². The van der Waals surface area contributed by atoms with Crippen molar-refractivity contribution in [1.29, 1.82) is 0 Å². The molecule has 0 aliphatic carbocycles. The molecule has 3 N–H and O–H groups in total. The molecule has 228 valence electrons. The SMILES string of the molecule is CC.CCCc1c(C=O)c(CC)c(C(=O)O)n1NC(=O)c1cc(S(=O)(=O)N2CCC(CCO)CC2)ccc1OCC. The molecule has 11 nitrogen and oxygen atoms in total. The highest BCUT2D eigenvalue weighted by molar-refractivity contribution is 7.89. The van der Waals surface area contributed by atoms with Gasteiger partial charge in [-0.1, -0.05) is 34.1 Å². The van der Waals surface area contributed by atoms with E-state index in [0.29, 0.717) is 62.7 Å². The van der Waals surface area contributed by atoms with E-state index in [9.17, 15) is 33.0 Å². The molecule has 1 aromatic carbocycles. The van der Waals surface area contributed by atoms with E-state index in [2.05, 4.69) is 5.43 Å². The minimum absolute atomic E-state index is 0.0633. The Bertz CT molecular complexity index is 1310. The number of aldehydes is 1. The van der Waals surface area contributed by atoms with Crippen LogP contribution in [0.4, 0.5) is 0 Å². The highest BCUT2D eigenvalue weighted by atomic mass is 32.2. The van der Waals surface area contributed by atoms with Crippen LogP contribution in [0.2, 0.25) is 0 Å². The van der Waals surface area contributed by atoms with Crippen molar-refractivity contribution in [3.05, 3.63) is 46.3 Å². The van der Waals surface area contributed by atoms with Crippen LogP contribution in [0.5, 0.6) is 5.75 Å². The molecule has 0 saturated carbocycles. The zero-order valence-corrected chi connectivity index (χ0v) is 25.4. The number of piperidine rings is 1. The number of aliphatic hydroxyl groups is 1. The van der Waals surface area contributed by atoms with Crippen LogP contribution in [0.25, 0.3) is 0 Å². The predicted octanol–water partition coefficient (Wildman–Crippen LogP) is 4.11. The molecule has 1 aliphatic rings. The maximum atomic E-state index is 13.6. The van der Waals surface area contributed by atoms with Crippen molar-refractivity contribution in [2.24, 2.45) is 5.92 Å². The molecule has 0 unspecified atom stereocenters. The molecule has 12 heteroatoms. The number of hydrogen-bond donors (Lipinski definition) is 3. The number of nitrogens with one attached hydrogen (secondary N) is 1. The van der Waals surface area contributed by atoms with Gasteiger partial charge in [0.05, 0.1) is 22.8 Å². The number of aromatic nitrogens is 1. The minimum Gasteiger partial charge on any atom is -0.493 e. The number of rotatable bonds is 13. The number of sulfonamides is 1. The maximum Gasteiger partial charge on any atom is 0.354 e. The number of carboxylic acid groups (broad SMARTS) is 1. The second-order valence-corrected chi connectivity index (χ2v) is 11.4. The number of aromatic carboxylic acids is 1. The Morgan fingerprint density at radius 2 is 1.80 bits per heavy atom. The fourth-order valence-electron chi connectivity index (χ4n) is 5.08. The zero-order chi connectivity index (χ0) is 30.7. The number of ether oxygens (including phenoxy) is 1. The highest BCUT2D eigenvalue weighted by Crippen LogP contribution is 2.30. The lowest BCUT2D eigenvalue weighted by atomic mass is 9.95. The van der Waals surface area contributed by atoms with E-state index >= 15 is 0 Å². The summed E-state index contributed by atoms with van der Waals surface area (Å²) in [4.78, 5) is 37.6. The van der Waals surface area contributed by atoms with Gasteiger partial charge in [0, 0.05) is 25.3 Å². The van der Waals surface area contributed by atoms with Gasteiger partial charge in [0.1, 0.15) is 5.75 Å². The Kier molecular flexibility index (Phi) is 13.0. The smallest absolute Gasteiger partial charge is 0.354 e. The summed E-state index contributed by atoms with van der Waals surface area (Å²) < 4.78 is 35.0. The van der Waals surface area contributed by atoms with Crippen molar-refractivity contribution >= 4 is 28.2 Å². The van der Waals surface area contributed by atoms with E-state index in [1.165, 1.54) is 22.5 Å². The van der Waals surface area contributed by atoms with Gasteiger partial charge in [0.25, 0.3) is 5.91 Å². The van der Waals surface area contributed by atoms with Gasteiger partial charge in [-0.15, -0.1) is 0 Å². The number of carboxylic acids is 1. The minimum atomic E-state index is -3.92. The van der Waals surface area contributed by atoms with Crippen LogP contribution < -0.4 is 10.2 Å². The second-order valence-electron chi connectivity index (χ2n) is 9.44. The second kappa shape index (κ2) is 15.7. The van der Waals surface area contributed by atoms with Gasteiger partial charge in [-0.2, -0.15) is 4.31 Å². The lowest BCUT2D eigenvalue weighted by Gasteiger charge is -2.31. The normalized spacial score (nSPS) is 14.2. The molecule has 2 aromatic rings. The molecule has 1 fully saturated rings. The molecule has 1 aliphatic heterocycles. The molecule has 0 radical (unpaired) electrons. The number of carbonyl (C=O) groups is 3. The molecule has 1 amide bonds. The topological polar surface area (TPSA) is 155 Å². The lowest BCUT2D eigenvalue weighted by Crippen LogP contribution is -2.38. The number of nitrogens with zero attached hydrogens (tertiary/aromatic N) is 2. The van der Waals surface area contributed by atoms with E-state index in [1.54, 1.807) is 13.8 Å². The average Bonchev–Trinajstić information content (AvgIpc) is 3.27. The fraction of sp³-hybridized carbons (Fsp3) is 0.552. The molecule has 1 saturated heterocycles. The first kappa shape index (κ1) is 34.0. The number of carbonyl (C=O) groups excluding carboxylic acids is 2. The molecule has 0 atom stereocenters. The third-order valence-electron chi connectivity index (χ3n) is 7.03. The molecular formula is C29H43N3O8S. The van der Waals surface area contributed by atoms with Gasteiger partial charge in [-0.05, 0) is 68.7 Å². The van der Waals surface area contributed by atoms with Crippen LogP contribution >= 0.6 is 0 Å². The molecule has 0 spiro atoms. The van der Waals surface area contributed by atoms with Crippen molar-refractivity contribution in [3.8, 4) is 5.75 Å². The zero-order valence-electron chi connectivity index (χ0n) is 24.6. The van der Waals surface area contributed by atoms with Gasteiger partial charge in [-0.3, -0.25) is 15.0 Å². The third kappa shape index (κ3) is 7.55. The number of amides is 1. The van der Waals surface area contributed by atoms with Crippen LogP contribution in [-0.4, -0.2) is 72.1 Å². The van der Waals surface area contributed by atoms with E-state index in [4.69, 9.17) is 4.74 Å². The Balaban J connectivity index is 0.00000287. The van der Waals surface area contributed by atoms with E-state index in [1.807, 2.05) is 20.8 Å². The van der Waals surface area contributed by atoms with Crippen molar-refractivity contribution in [3.63, 3.8) is 0 Å². The van der Waals surface area contributed by atoms with E-state index < -0.39 is 21.9 Å². The average molecular weight is 594 g/mol. The summed E-state index contributed by atoms with van der Waals surface area (Å²) in [5.74, 6) is -1.67. The molecule has 0 bridgehead atoms. The monoisotopic (exact) mass is 593 g/mol. The van der Waals surface area contributed by atoms with Crippen LogP contribution in [-0.2, 0) is 22.9 Å². The Labute approximate surface area is 242 Å². The quantitative estimate of drug-likeness (QED) is 0.293. The fourth-order valence-corrected chi connectivity index (χ4v) is 6.58. The molecule has 1 aromatic heterocycles. The summed E-state index contributed by atoms with van der Waals surface area (Å²) in [5, 5.41) is 19.1. The van der Waals surface area contributed by atoms with Gasteiger partial charge in [0.2, 0.25) is 10.0 Å². The summed E-state index contributed by atoms with van der Waals surface area (Å²) in [6.07, 6.45) is 3.70. The van der Waals surface area contributed by atoms with Crippen molar-refractivity contribution < 1.29 is 37.8 Å². The summed E-state index contributed by atoms with van der Waals surface area (Å²) in [5.41, 5.74) is 3.20. The summed E-state index contributed by atoms with van der Waals surface area (Å²) in [6, 6.07) is 4.04. The Hall–Kier alpha value is -3.22. The standard InChI is InChI=1S/C27H37N3O8S.C2H6/c1-4-7-23-22(17-32)20(5-2)25(27(34)35)30(23)28-26(33)21-16-19(8-9-24(21)38-6-3)39(36,37)29-13-10-18(11-14-29)12-15-31;1-2/h8-9,16-18,31H,4-7,10-15H2,1-3H3,(H,28,33)(H,34,35);1-2H3. The van der Waals surface area contributed by atoms with Gasteiger partial charge in [-0.25, -0.2) is 17.9 Å². The molecule has 41 heavy (non-hydrogen) atoms. The molecular weight excluding hydrogens is 550 g/mol. The first-order valence-corrected chi connectivity index (χ1v) is 15.7. The predicted molar refractivity (Wildman–Crippen MR) is 156 cm³/mol. The molecule has 2 heterocycles. The highest BCUT2D eigenvalue weighted by Gasteiger charge is 2.31. The largest absolute Gasteiger partial charge is 0.493 e. The third-order valence-corrected chi connectivity index (χ3v) is 8.93. The Morgan fingerprint density at radius 3 is 2.32 bits per heavy atom. The van der Waals surface area contributed by atoms with Crippen molar-refractivity contribution in [2.75, 3.05) is 31.7 Å². The first-order chi connectivity index (χ1) is 19.6. The number of benzene rings is 1. The summed E-state index contributed by atoms with van der Waals surface area (Å²) in [7, 11) is -3.92. The van der Waals surface area contributed by atoms with Crippen LogP contribution in [0.3, 0.4) is 0 Å². The summed E-state index contributed by atoms with van der Waals surface area (Å²) >= 11 is 0. The van der Waals surface area contributed by atoms with Crippen LogP contribution in [0, 0.1) is 5.92 Å². The van der Waals surface area contributed by atoms with E-state index in [0.717, 1.165) is 4.68 Å². The van der Waals surface area contributed by atoms with Crippen LogP contribution in [0.1, 0.15) is 103 Å². The van der Waals surface area contributed by atoms with E-state index in [-0.39, 0.29) is 53.0 Å². The lowest BCUT2D eigenvalue weighted by molar-refractivity contribution is 0.0685. The molecule has 3 rings (SSSR count). The van der Waals surface area contributed by atoms with Crippen molar-refractivity contribution in [2.45, 2.75) is 78.0 Å². The van der Waals surface area contributed by atoms with Gasteiger partial charge < -0.3 is 14.9 Å².